The van der Waals surface area contributed by atoms with Crippen molar-refractivity contribution < 1.29 is 14.3 Å². The maximum Gasteiger partial charge on any atom is 0.333 e. The van der Waals surface area contributed by atoms with Crippen LogP contribution in [0.5, 0.6) is 0 Å². The first-order valence-electron chi connectivity index (χ1n) is 13.3. The number of benzene rings is 1. The summed E-state index contributed by atoms with van der Waals surface area (Å²) < 4.78 is 17.0. The van der Waals surface area contributed by atoms with Crippen molar-refractivity contribution in [2.24, 2.45) is 0 Å². The standard InChI is InChI=1S/C28H33FN4O4/c29-19-15-23-25(30-16-19)32(21-9-5-2-6-10-21)28(37)33(27(23)36)22-13-11-20(12-14-22)31-26(35)24(17-34)18-7-3-1-4-8-18/h1,3-4,7-8,15-16,20-22,24,34H,2,5-6,9-14,17H2,(H,31,35). The number of hydrogen-bond donors (Lipinski definition) is 2. The number of hydrogen-bond acceptors (Lipinski definition) is 5. The smallest absolute Gasteiger partial charge is 0.333 e. The molecule has 2 N–H and O–H groups in total. The molecule has 2 aliphatic rings. The lowest BCUT2D eigenvalue weighted by atomic mass is 9.90. The van der Waals surface area contributed by atoms with Crippen molar-refractivity contribution in [1.82, 2.24) is 19.4 Å². The van der Waals surface area contributed by atoms with Gasteiger partial charge in [0.05, 0.1) is 24.1 Å². The highest BCUT2D eigenvalue weighted by molar-refractivity contribution is 5.84. The highest BCUT2D eigenvalue weighted by Gasteiger charge is 2.30. The average Bonchev–Trinajstić information content (AvgIpc) is 2.92. The molecule has 0 bridgehead atoms. The monoisotopic (exact) mass is 508 g/mol. The molecule has 2 saturated carbocycles. The number of pyridine rings is 1. The molecule has 2 fully saturated rings. The van der Waals surface area contributed by atoms with Crippen LogP contribution in [0.4, 0.5) is 4.39 Å². The van der Waals surface area contributed by atoms with Gasteiger partial charge in [-0.15, -0.1) is 0 Å². The van der Waals surface area contributed by atoms with Gasteiger partial charge in [0.2, 0.25) is 5.91 Å². The molecule has 196 valence electrons. The van der Waals surface area contributed by atoms with Crippen LogP contribution in [0.15, 0.2) is 52.2 Å². The molecule has 0 spiro atoms. The lowest BCUT2D eigenvalue weighted by Crippen LogP contribution is -2.47. The molecule has 1 amide bonds. The average molecular weight is 509 g/mol. The van der Waals surface area contributed by atoms with Crippen molar-refractivity contribution >= 4 is 16.9 Å². The van der Waals surface area contributed by atoms with Crippen LogP contribution >= 0.6 is 0 Å². The lowest BCUT2D eigenvalue weighted by Gasteiger charge is -2.32. The Morgan fingerprint density at radius 1 is 1.00 bits per heavy atom. The first-order chi connectivity index (χ1) is 18.0. The van der Waals surface area contributed by atoms with Crippen molar-refractivity contribution in [3.05, 3.63) is 74.8 Å². The highest BCUT2D eigenvalue weighted by atomic mass is 19.1. The second kappa shape index (κ2) is 11.0. The van der Waals surface area contributed by atoms with Crippen LogP contribution in [-0.4, -0.2) is 37.8 Å². The van der Waals surface area contributed by atoms with Crippen molar-refractivity contribution in [3.63, 3.8) is 0 Å². The van der Waals surface area contributed by atoms with E-state index in [4.69, 9.17) is 0 Å². The van der Waals surface area contributed by atoms with Gasteiger partial charge in [-0.25, -0.2) is 14.2 Å². The molecule has 5 rings (SSSR count). The predicted octanol–water partition coefficient (Wildman–Crippen LogP) is 3.58. The number of fused-ring (bicyclic) bond motifs is 1. The Labute approximate surface area is 214 Å². The van der Waals surface area contributed by atoms with Crippen molar-refractivity contribution in [1.29, 1.82) is 0 Å². The quantitative estimate of drug-likeness (QED) is 0.530. The molecule has 3 aromatic rings. The molecule has 2 heterocycles. The van der Waals surface area contributed by atoms with Gasteiger partial charge in [-0.1, -0.05) is 49.6 Å². The molecule has 1 unspecified atom stereocenters. The summed E-state index contributed by atoms with van der Waals surface area (Å²) in [6, 6.07) is 9.84. The van der Waals surface area contributed by atoms with Gasteiger partial charge in [0.1, 0.15) is 11.5 Å². The van der Waals surface area contributed by atoms with Gasteiger partial charge in [-0.05, 0) is 50.2 Å². The van der Waals surface area contributed by atoms with E-state index in [0.29, 0.717) is 25.7 Å². The molecular formula is C28H33FN4O4. The Morgan fingerprint density at radius 3 is 2.35 bits per heavy atom. The van der Waals surface area contributed by atoms with E-state index in [9.17, 15) is 23.9 Å². The molecule has 2 aliphatic carbocycles. The number of aromatic nitrogens is 3. The van der Waals surface area contributed by atoms with Gasteiger partial charge in [0, 0.05) is 18.1 Å². The fourth-order valence-electron chi connectivity index (χ4n) is 6.00. The summed E-state index contributed by atoms with van der Waals surface area (Å²) in [5.74, 6) is -1.48. The Kier molecular flexibility index (Phi) is 7.50. The van der Waals surface area contributed by atoms with E-state index in [0.717, 1.165) is 43.9 Å². The van der Waals surface area contributed by atoms with Crippen LogP contribution in [0, 0.1) is 5.82 Å². The summed E-state index contributed by atoms with van der Waals surface area (Å²) in [6.07, 6.45) is 8.11. The minimum atomic E-state index is -0.646. The highest BCUT2D eigenvalue weighted by Crippen LogP contribution is 2.31. The zero-order valence-electron chi connectivity index (χ0n) is 20.8. The number of rotatable bonds is 6. The molecule has 1 aromatic carbocycles. The largest absolute Gasteiger partial charge is 0.395 e. The third-order valence-electron chi connectivity index (χ3n) is 7.97. The van der Waals surface area contributed by atoms with Crippen LogP contribution < -0.4 is 16.6 Å². The number of carbonyl (C=O) groups excluding carboxylic acids is 1. The summed E-state index contributed by atoms with van der Waals surface area (Å²) in [6.45, 7) is -0.289. The summed E-state index contributed by atoms with van der Waals surface area (Å²) in [4.78, 5) is 44.2. The maximum atomic E-state index is 14.1. The normalized spacial score (nSPS) is 21.6. The zero-order chi connectivity index (χ0) is 25.9. The Bertz CT molecular complexity index is 1370. The Balaban J connectivity index is 1.38. The minimum absolute atomic E-state index is 0.0578. The van der Waals surface area contributed by atoms with E-state index in [1.54, 1.807) is 4.57 Å². The minimum Gasteiger partial charge on any atom is -0.395 e. The van der Waals surface area contributed by atoms with Gasteiger partial charge in [0.15, 0.2) is 0 Å². The first kappa shape index (κ1) is 25.3. The maximum absolute atomic E-state index is 14.1. The van der Waals surface area contributed by atoms with Gasteiger partial charge in [-0.3, -0.25) is 18.7 Å². The second-order valence-corrected chi connectivity index (χ2v) is 10.3. The number of aliphatic hydroxyl groups is 1. The summed E-state index contributed by atoms with van der Waals surface area (Å²) in [5, 5.41) is 13.0. The number of carbonyl (C=O) groups is 1. The van der Waals surface area contributed by atoms with E-state index in [-0.39, 0.29) is 47.4 Å². The van der Waals surface area contributed by atoms with Gasteiger partial charge in [0.25, 0.3) is 5.56 Å². The van der Waals surface area contributed by atoms with E-state index in [2.05, 4.69) is 10.3 Å². The van der Waals surface area contributed by atoms with E-state index in [1.807, 2.05) is 30.3 Å². The van der Waals surface area contributed by atoms with Crippen molar-refractivity contribution in [3.8, 4) is 0 Å². The second-order valence-electron chi connectivity index (χ2n) is 10.3. The fraction of sp³-hybridized carbons (Fsp3) is 0.500. The summed E-state index contributed by atoms with van der Waals surface area (Å²) in [5.41, 5.74) is 0.135. The van der Waals surface area contributed by atoms with E-state index in [1.165, 1.54) is 10.6 Å². The molecule has 2 aromatic heterocycles. The predicted molar refractivity (Wildman–Crippen MR) is 138 cm³/mol. The van der Waals surface area contributed by atoms with Crippen LogP contribution in [0.25, 0.3) is 11.0 Å². The molecule has 0 aliphatic heterocycles. The molecular weight excluding hydrogens is 475 g/mol. The molecule has 1 atom stereocenters. The molecule has 8 nitrogen and oxygen atoms in total. The van der Waals surface area contributed by atoms with Crippen molar-refractivity contribution in [2.45, 2.75) is 81.8 Å². The van der Waals surface area contributed by atoms with E-state index < -0.39 is 17.3 Å². The molecule has 37 heavy (non-hydrogen) atoms. The van der Waals surface area contributed by atoms with Gasteiger partial charge in [-0.2, -0.15) is 0 Å². The van der Waals surface area contributed by atoms with Crippen molar-refractivity contribution in [2.75, 3.05) is 6.61 Å². The lowest BCUT2D eigenvalue weighted by molar-refractivity contribution is -0.124. The SMILES string of the molecule is O=C(NC1CCC(n2c(=O)c3cc(F)cnc3n(C3CCCCC3)c2=O)CC1)C(CO)c1ccccc1. The fourth-order valence-corrected chi connectivity index (χ4v) is 6.00. The summed E-state index contributed by atoms with van der Waals surface area (Å²) >= 11 is 0. The zero-order valence-corrected chi connectivity index (χ0v) is 20.8. The van der Waals surface area contributed by atoms with Crippen LogP contribution in [0.2, 0.25) is 0 Å². The van der Waals surface area contributed by atoms with Crippen LogP contribution in [-0.2, 0) is 4.79 Å². The third-order valence-corrected chi connectivity index (χ3v) is 7.97. The Morgan fingerprint density at radius 2 is 1.68 bits per heavy atom. The number of nitrogens with zero attached hydrogens (tertiary/aromatic N) is 3. The number of nitrogens with one attached hydrogen (secondary N) is 1. The third kappa shape index (κ3) is 5.09. The van der Waals surface area contributed by atoms with Crippen LogP contribution in [0.1, 0.15) is 81.4 Å². The molecule has 0 saturated heterocycles. The van der Waals surface area contributed by atoms with Gasteiger partial charge < -0.3 is 10.4 Å². The topological polar surface area (TPSA) is 106 Å². The Hall–Kier alpha value is -3.33. The number of amides is 1. The molecule has 9 heteroatoms. The molecule has 0 radical (unpaired) electrons. The van der Waals surface area contributed by atoms with Gasteiger partial charge >= 0.3 is 5.69 Å². The summed E-state index contributed by atoms with van der Waals surface area (Å²) in [7, 11) is 0. The number of halogens is 1. The van der Waals surface area contributed by atoms with Crippen LogP contribution in [0.3, 0.4) is 0 Å². The van der Waals surface area contributed by atoms with E-state index >= 15 is 0 Å². The number of aliphatic hydroxyl groups excluding tert-OH is 1. The first-order valence-corrected chi connectivity index (χ1v) is 13.3.